The van der Waals surface area contributed by atoms with Crippen molar-refractivity contribution in [3.63, 3.8) is 0 Å². The number of aliphatic carboxylic acids is 2. The van der Waals surface area contributed by atoms with Crippen LogP contribution in [0.5, 0.6) is 5.75 Å². The summed E-state index contributed by atoms with van der Waals surface area (Å²) in [5.74, 6) is -2.72. The fraction of sp³-hybridized carbons (Fsp3) is 0.167. The molecule has 0 aliphatic carbocycles. The number of carbonyl (C=O) groups is 2. The third kappa shape index (κ3) is 6.41. The standard InChI is InChI=1S/C22H20BrNO.C2H2O4/c23-19-12-7-13-20(14-19)25-21-15-24(16-21)22(17-8-3-1-4-9-17)18-10-5-2-6-11-18;3-1(4)2(5)6/h1-14,21-22H,15-16H2;(H,3,4)(H,5,6). The van der Waals surface area contributed by atoms with Crippen LogP contribution in [0.25, 0.3) is 0 Å². The summed E-state index contributed by atoms with van der Waals surface area (Å²) in [4.78, 5) is 20.7. The zero-order valence-corrected chi connectivity index (χ0v) is 18.2. The van der Waals surface area contributed by atoms with Gasteiger partial charge in [0.15, 0.2) is 0 Å². The molecule has 0 atom stereocenters. The van der Waals surface area contributed by atoms with E-state index < -0.39 is 11.9 Å². The molecule has 0 spiro atoms. The van der Waals surface area contributed by atoms with Crippen LogP contribution < -0.4 is 4.74 Å². The minimum absolute atomic E-state index is 0.240. The first-order valence-corrected chi connectivity index (χ1v) is 10.5. The summed E-state index contributed by atoms with van der Waals surface area (Å²) in [6.45, 7) is 1.86. The van der Waals surface area contributed by atoms with Crippen LogP contribution >= 0.6 is 15.9 Å². The van der Waals surface area contributed by atoms with E-state index in [0.29, 0.717) is 0 Å². The Morgan fingerprint density at radius 1 is 0.839 bits per heavy atom. The normalized spacial score (nSPS) is 13.6. The summed E-state index contributed by atoms with van der Waals surface area (Å²) < 4.78 is 7.16. The number of likely N-dealkylation sites (tertiary alicyclic amines) is 1. The fourth-order valence-electron chi connectivity index (χ4n) is 3.37. The van der Waals surface area contributed by atoms with Gasteiger partial charge in [-0.2, -0.15) is 0 Å². The molecule has 3 aromatic carbocycles. The van der Waals surface area contributed by atoms with E-state index in [0.717, 1.165) is 23.3 Å². The highest BCUT2D eigenvalue weighted by Crippen LogP contribution is 2.33. The Hall–Kier alpha value is -3.16. The summed E-state index contributed by atoms with van der Waals surface area (Å²) in [6.07, 6.45) is 0.240. The second-order valence-corrected chi connectivity index (χ2v) is 7.90. The Morgan fingerprint density at radius 3 is 1.81 bits per heavy atom. The highest BCUT2D eigenvalue weighted by atomic mass is 79.9. The molecule has 0 aromatic heterocycles. The Bertz CT molecular complexity index is 955. The van der Waals surface area contributed by atoms with E-state index in [1.807, 2.05) is 24.3 Å². The summed E-state index contributed by atoms with van der Waals surface area (Å²) in [7, 11) is 0. The molecule has 160 valence electrons. The molecule has 1 aliphatic rings. The van der Waals surface area contributed by atoms with E-state index in [4.69, 9.17) is 24.5 Å². The van der Waals surface area contributed by atoms with Gasteiger partial charge in [-0.25, -0.2) is 9.59 Å². The van der Waals surface area contributed by atoms with Crippen molar-refractivity contribution >= 4 is 27.9 Å². The third-order valence-electron chi connectivity index (χ3n) is 4.75. The fourth-order valence-corrected chi connectivity index (χ4v) is 3.75. The predicted molar refractivity (Wildman–Crippen MR) is 120 cm³/mol. The summed E-state index contributed by atoms with van der Waals surface area (Å²) in [5, 5.41) is 14.8. The van der Waals surface area contributed by atoms with Crippen LogP contribution in [0.3, 0.4) is 0 Å². The van der Waals surface area contributed by atoms with Crippen molar-refractivity contribution in [2.24, 2.45) is 0 Å². The first-order valence-electron chi connectivity index (χ1n) is 9.66. The van der Waals surface area contributed by atoms with E-state index in [2.05, 4.69) is 81.5 Å². The van der Waals surface area contributed by atoms with Gasteiger partial charge in [-0.05, 0) is 29.3 Å². The third-order valence-corrected chi connectivity index (χ3v) is 5.25. The molecule has 0 saturated carbocycles. The zero-order valence-electron chi connectivity index (χ0n) is 16.6. The lowest BCUT2D eigenvalue weighted by atomic mass is 9.94. The van der Waals surface area contributed by atoms with Crippen LogP contribution in [-0.2, 0) is 9.59 Å². The number of hydrogen-bond donors (Lipinski definition) is 2. The molecule has 0 amide bonds. The minimum Gasteiger partial charge on any atom is -0.488 e. The summed E-state index contributed by atoms with van der Waals surface area (Å²) >= 11 is 3.50. The maximum absolute atomic E-state index is 9.10. The van der Waals surface area contributed by atoms with E-state index in [-0.39, 0.29) is 12.1 Å². The molecular formula is C24H22BrNO5. The topological polar surface area (TPSA) is 87.1 Å². The number of nitrogens with zero attached hydrogens (tertiary/aromatic N) is 1. The molecule has 31 heavy (non-hydrogen) atoms. The van der Waals surface area contributed by atoms with E-state index >= 15 is 0 Å². The van der Waals surface area contributed by atoms with Crippen LogP contribution in [-0.4, -0.2) is 46.2 Å². The number of halogens is 1. The monoisotopic (exact) mass is 483 g/mol. The lowest BCUT2D eigenvalue weighted by Gasteiger charge is -2.44. The van der Waals surface area contributed by atoms with Crippen molar-refractivity contribution in [2.45, 2.75) is 12.1 Å². The van der Waals surface area contributed by atoms with Gasteiger partial charge in [-0.3, -0.25) is 4.90 Å². The Balaban J connectivity index is 0.000000401. The first kappa shape index (κ1) is 22.5. The summed E-state index contributed by atoms with van der Waals surface area (Å²) in [5.41, 5.74) is 2.66. The predicted octanol–water partition coefficient (Wildman–Crippen LogP) is 4.46. The maximum Gasteiger partial charge on any atom is 0.414 e. The highest BCUT2D eigenvalue weighted by molar-refractivity contribution is 9.10. The number of ether oxygens (including phenoxy) is 1. The SMILES string of the molecule is Brc1cccc(OC2CN(C(c3ccccc3)c3ccccc3)C2)c1.O=C(O)C(=O)O. The molecule has 0 bridgehead atoms. The van der Waals surface area contributed by atoms with Gasteiger partial charge in [0.25, 0.3) is 0 Å². The second kappa shape index (κ2) is 10.7. The molecule has 1 heterocycles. The maximum atomic E-state index is 9.10. The number of benzene rings is 3. The molecule has 0 unspecified atom stereocenters. The van der Waals surface area contributed by atoms with Crippen LogP contribution in [0.2, 0.25) is 0 Å². The largest absolute Gasteiger partial charge is 0.488 e. The molecule has 1 aliphatic heterocycles. The van der Waals surface area contributed by atoms with Crippen molar-refractivity contribution < 1.29 is 24.5 Å². The lowest BCUT2D eigenvalue weighted by Crippen LogP contribution is -2.55. The van der Waals surface area contributed by atoms with Crippen LogP contribution in [0.1, 0.15) is 17.2 Å². The van der Waals surface area contributed by atoms with Crippen molar-refractivity contribution in [2.75, 3.05) is 13.1 Å². The number of carboxylic acid groups (broad SMARTS) is 2. The van der Waals surface area contributed by atoms with Gasteiger partial charge >= 0.3 is 11.9 Å². The molecular weight excluding hydrogens is 462 g/mol. The van der Waals surface area contributed by atoms with Gasteiger partial charge in [0, 0.05) is 17.6 Å². The summed E-state index contributed by atoms with van der Waals surface area (Å²) in [6, 6.07) is 29.8. The molecule has 0 radical (unpaired) electrons. The molecule has 2 N–H and O–H groups in total. The van der Waals surface area contributed by atoms with Crippen molar-refractivity contribution in [1.82, 2.24) is 4.90 Å². The van der Waals surface area contributed by atoms with E-state index in [1.54, 1.807) is 0 Å². The molecule has 4 rings (SSSR count). The molecule has 7 heteroatoms. The number of rotatable bonds is 5. The highest BCUT2D eigenvalue weighted by Gasteiger charge is 2.35. The Labute approximate surface area is 188 Å². The Morgan fingerprint density at radius 2 is 1.35 bits per heavy atom. The second-order valence-electron chi connectivity index (χ2n) is 6.99. The van der Waals surface area contributed by atoms with Gasteiger partial charge in [-0.15, -0.1) is 0 Å². The minimum atomic E-state index is -1.82. The van der Waals surface area contributed by atoms with Gasteiger partial charge in [0.1, 0.15) is 11.9 Å². The van der Waals surface area contributed by atoms with Gasteiger partial charge < -0.3 is 14.9 Å². The van der Waals surface area contributed by atoms with Crippen molar-refractivity contribution in [3.05, 3.63) is 101 Å². The van der Waals surface area contributed by atoms with Crippen LogP contribution in [0.15, 0.2) is 89.4 Å². The van der Waals surface area contributed by atoms with Crippen LogP contribution in [0, 0.1) is 0 Å². The van der Waals surface area contributed by atoms with Crippen molar-refractivity contribution in [1.29, 1.82) is 0 Å². The average Bonchev–Trinajstić information content (AvgIpc) is 2.74. The van der Waals surface area contributed by atoms with E-state index in [9.17, 15) is 0 Å². The molecule has 1 fully saturated rings. The first-order chi connectivity index (χ1) is 14.9. The molecule has 6 nitrogen and oxygen atoms in total. The molecule has 1 saturated heterocycles. The zero-order chi connectivity index (χ0) is 22.2. The lowest BCUT2D eigenvalue weighted by molar-refractivity contribution is -0.159. The quantitative estimate of drug-likeness (QED) is 0.521. The van der Waals surface area contributed by atoms with Gasteiger partial charge in [-0.1, -0.05) is 82.7 Å². The van der Waals surface area contributed by atoms with Gasteiger partial charge in [0.2, 0.25) is 0 Å². The van der Waals surface area contributed by atoms with E-state index in [1.165, 1.54) is 11.1 Å². The van der Waals surface area contributed by atoms with Crippen molar-refractivity contribution in [3.8, 4) is 5.75 Å². The Kier molecular flexibility index (Phi) is 7.81. The smallest absolute Gasteiger partial charge is 0.414 e. The van der Waals surface area contributed by atoms with Gasteiger partial charge in [0.05, 0.1) is 6.04 Å². The molecule has 3 aromatic rings. The number of hydrogen-bond acceptors (Lipinski definition) is 4. The van der Waals surface area contributed by atoms with Crippen LogP contribution in [0.4, 0.5) is 0 Å². The average molecular weight is 484 g/mol. The number of carboxylic acids is 2.